The van der Waals surface area contributed by atoms with Crippen LogP contribution in [-0.4, -0.2) is 28.8 Å². The van der Waals surface area contributed by atoms with Crippen LogP contribution in [0, 0.1) is 0 Å². The second kappa shape index (κ2) is 7.11. The highest BCUT2D eigenvalue weighted by Gasteiger charge is 2.20. The van der Waals surface area contributed by atoms with Crippen molar-refractivity contribution in [1.82, 2.24) is 14.9 Å². The largest absolute Gasteiger partial charge is 0.454 e. The molecule has 1 aromatic carbocycles. The highest BCUT2D eigenvalue weighted by atomic mass is 16.7. The Hall–Kier alpha value is -3.35. The first-order valence-electron chi connectivity index (χ1n) is 8.82. The Morgan fingerprint density at radius 3 is 2.81 bits per heavy atom. The van der Waals surface area contributed by atoms with E-state index >= 15 is 0 Å². The molecule has 0 aliphatic carbocycles. The molecule has 1 aliphatic rings. The van der Waals surface area contributed by atoms with Crippen LogP contribution in [0.25, 0.3) is 10.9 Å². The van der Waals surface area contributed by atoms with Crippen molar-refractivity contribution in [2.24, 2.45) is 0 Å². The zero-order valence-electron chi connectivity index (χ0n) is 14.9. The third-order valence-electron chi connectivity index (χ3n) is 4.55. The number of hydrogen-bond acceptors (Lipinski definition) is 5. The summed E-state index contributed by atoms with van der Waals surface area (Å²) in [6, 6.07) is 9.07. The summed E-state index contributed by atoms with van der Waals surface area (Å²) in [5, 5.41) is 3.25. The molecule has 0 atom stereocenters. The Bertz CT molecular complexity index is 1060. The number of nitrogens with one attached hydrogen (secondary N) is 1. The van der Waals surface area contributed by atoms with Gasteiger partial charge in [-0.3, -0.25) is 14.6 Å². The van der Waals surface area contributed by atoms with E-state index in [1.165, 1.54) is 0 Å². The summed E-state index contributed by atoms with van der Waals surface area (Å²) < 4.78 is 12.6. The number of benzene rings is 1. The molecule has 4 rings (SSSR count). The maximum Gasteiger partial charge on any atom is 0.256 e. The van der Waals surface area contributed by atoms with Crippen molar-refractivity contribution in [2.45, 2.75) is 19.9 Å². The van der Waals surface area contributed by atoms with E-state index in [4.69, 9.17) is 9.47 Å². The molecule has 0 spiro atoms. The number of amides is 1. The number of nitrogens with zero attached hydrogens (tertiary/aromatic N) is 2. The summed E-state index contributed by atoms with van der Waals surface area (Å²) in [7, 11) is 0. The van der Waals surface area contributed by atoms with Crippen LogP contribution in [0.15, 0.2) is 47.5 Å². The Morgan fingerprint density at radius 1 is 1.26 bits per heavy atom. The molecule has 0 radical (unpaired) electrons. The van der Waals surface area contributed by atoms with Crippen molar-refractivity contribution in [1.29, 1.82) is 0 Å². The number of pyridine rings is 2. The molecular weight excluding hydrogens is 346 g/mol. The van der Waals surface area contributed by atoms with Crippen LogP contribution in [0.1, 0.15) is 23.0 Å². The van der Waals surface area contributed by atoms with Gasteiger partial charge in [-0.25, -0.2) is 0 Å². The lowest BCUT2D eigenvalue weighted by Gasteiger charge is -2.12. The molecule has 1 amide bonds. The molecule has 3 heterocycles. The second-order valence-corrected chi connectivity index (χ2v) is 6.21. The Labute approximate surface area is 155 Å². The summed E-state index contributed by atoms with van der Waals surface area (Å²) in [4.78, 5) is 29.7. The summed E-state index contributed by atoms with van der Waals surface area (Å²) >= 11 is 0. The minimum absolute atomic E-state index is 0.115. The smallest absolute Gasteiger partial charge is 0.256 e. The van der Waals surface area contributed by atoms with E-state index < -0.39 is 5.91 Å². The van der Waals surface area contributed by atoms with Gasteiger partial charge in [-0.1, -0.05) is 6.07 Å². The average Bonchev–Trinajstić information content (AvgIpc) is 3.15. The Balaban J connectivity index is 1.63. The second-order valence-electron chi connectivity index (χ2n) is 6.21. The minimum Gasteiger partial charge on any atom is -0.454 e. The van der Waals surface area contributed by atoms with Gasteiger partial charge in [0.25, 0.3) is 5.91 Å². The lowest BCUT2D eigenvalue weighted by atomic mass is 10.1. The van der Waals surface area contributed by atoms with Crippen LogP contribution >= 0.6 is 0 Å². The summed E-state index contributed by atoms with van der Waals surface area (Å²) in [6.45, 7) is 3.11. The predicted molar refractivity (Wildman–Crippen MR) is 100 cm³/mol. The Kier molecular flexibility index (Phi) is 4.50. The molecule has 7 heteroatoms. The van der Waals surface area contributed by atoms with Crippen LogP contribution in [0.5, 0.6) is 11.5 Å². The van der Waals surface area contributed by atoms with Crippen molar-refractivity contribution in [2.75, 3.05) is 13.3 Å². The van der Waals surface area contributed by atoms with E-state index in [2.05, 4.69) is 10.3 Å². The van der Waals surface area contributed by atoms with E-state index in [-0.39, 0.29) is 17.8 Å². The fraction of sp³-hybridized carbons (Fsp3) is 0.250. The average molecular weight is 365 g/mol. The number of fused-ring (bicyclic) bond motifs is 2. The molecule has 27 heavy (non-hydrogen) atoms. The van der Waals surface area contributed by atoms with E-state index in [1.54, 1.807) is 24.5 Å². The van der Waals surface area contributed by atoms with Crippen LogP contribution < -0.4 is 20.2 Å². The molecule has 1 aliphatic heterocycles. The molecule has 2 aromatic heterocycles. The molecule has 0 fully saturated rings. The quantitative estimate of drug-likeness (QED) is 0.749. The van der Waals surface area contributed by atoms with Gasteiger partial charge in [-0.2, -0.15) is 0 Å². The van der Waals surface area contributed by atoms with E-state index in [9.17, 15) is 9.59 Å². The number of carbonyl (C=O) groups excluding carboxylic acids is 1. The lowest BCUT2D eigenvalue weighted by Crippen LogP contribution is -2.31. The maximum absolute atomic E-state index is 12.9. The molecule has 3 aromatic rings. The van der Waals surface area contributed by atoms with Gasteiger partial charge in [0.15, 0.2) is 11.5 Å². The van der Waals surface area contributed by atoms with Crippen molar-refractivity contribution < 1.29 is 14.3 Å². The number of hydrogen-bond donors (Lipinski definition) is 1. The van der Waals surface area contributed by atoms with Crippen molar-refractivity contribution >= 4 is 16.8 Å². The zero-order chi connectivity index (χ0) is 18.8. The molecule has 1 N–H and O–H groups in total. The third kappa shape index (κ3) is 3.23. The monoisotopic (exact) mass is 365 g/mol. The number of ether oxygens (including phenoxy) is 2. The van der Waals surface area contributed by atoms with Crippen LogP contribution in [-0.2, 0) is 13.0 Å². The molecule has 0 saturated heterocycles. The highest BCUT2D eigenvalue weighted by Crippen LogP contribution is 2.35. The van der Waals surface area contributed by atoms with Crippen LogP contribution in [0.3, 0.4) is 0 Å². The van der Waals surface area contributed by atoms with E-state index in [1.807, 2.05) is 29.7 Å². The van der Waals surface area contributed by atoms with Gasteiger partial charge in [-0.15, -0.1) is 0 Å². The number of carbonyl (C=O) groups is 1. The first-order chi connectivity index (χ1) is 13.2. The van der Waals surface area contributed by atoms with Crippen molar-refractivity contribution in [3.63, 3.8) is 0 Å². The summed E-state index contributed by atoms with van der Waals surface area (Å²) in [6.07, 6.45) is 3.91. The fourth-order valence-corrected chi connectivity index (χ4v) is 3.15. The van der Waals surface area contributed by atoms with Gasteiger partial charge in [0.1, 0.15) is 5.56 Å². The number of rotatable bonds is 5. The van der Waals surface area contributed by atoms with Gasteiger partial charge in [0.05, 0.1) is 10.9 Å². The summed E-state index contributed by atoms with van der Waals surface area (Å²) in [5.41, 5.74) is 1.40. The predicted octanol–water partition coefficient (Wildman–Crippen LogP) is 2.12. The van der Waals surface area contributed by atoms with Gasteiger partial charge >= 0.3 is 0 Å². The van der Waals surface area contributed by atoms with Gasteiger partial charge < -0.3 is 19.4 Å². The molecular formula is C20H19N3O4. The normalized spacial score (nSPS) is 12.3. The SMILES string of the molecule is CCn1cc(C(=O)NCCc2ccccn2)c(=O)c2cc3c(cc21)OCO3. The fourth-order valence-electron chi connectivity index (χ4n) is 3.15. The van der Waals surface area contributed by atoms with Crippen molar-refractivity contribution in [3.8, 4) is 11.5 Å². The minimum atomic E-state index is -0.391. The molecule has 0 unspecified atom stereocenters. The standard InChI is InChI=1S/C20H19N3O4/c1-2-23-11-15(20(25)22-8-6-13-5-3-4-7-21-13)19(24)14-9-17-18(10-16(14)23)27-12-26-17/h3-5,7,9-11H,2,6,8,12H2,1H3,(H,22,25). The van der Waals surface area contributed by atoms with Gasteiger partial charge in [0, 0.05) is 43.7 Å². The van der Waals surface area contributed by atoms with Crippen LogP contribution in [0.2, 0.25) is 0 Å². The number of aryl methyl sites for hydroxylation is 1. The third-order valence-corrected chi connectivity index (χ3v) is 4.55. The van der Waals surface area contributed by atoms with Crippen LogP contribution in [0.4, 0.5) is 0 Å². The summed E-state index contributed by atoms with van der Waals surface area (Å²) in [5.74, 6) is 0.740. The van der Waals surface area contributed by atoms with Gasteiger partial charge in [-0.05, 0) is 25.1 Å². The topological polar surface area (TPSA) is 82.5 Å². The molecule has 0 bridgehead atoms. The van der Waals surface area contributed by atoms with Gasteiger partial charge in [0.2, 0.25) is 12.2 Å². The molecule has 0 saturated carbocycles. The maximum atomic E-state index is 12.9. The lowest BCUT2D eigenvalue weighted by molar-refractivity contribution is 0.0952. The first kappa shape index (κ1) is 17.1. The molecule has 138 valence electrons. The van der Waals surface area contributed by atoms with E-state index in [0.717, 1.165) is 11.2 Å². The zero-order valence-corrected chi connectivity index (χ0v) is 14.9. The molecule has 7 nitrogen and oxygen atoms in total. The van der Waals surface area contributed by atoms with E-state index in [0.29, 0.717) is 36.4 Å². The number of aromatic nitrogens is 2. The first-order valence-corrected chi connectivity index (χ1v) is 8.82. The van der Waals surface area contributed by atoms with Crippen molar-refractivity contribution in [3.05, 3.63) is 64.2 Å². The highest BCUT2D eigenvalue weighted by molar-refractivity contribution is 5.97. The Morgan fingerprint density at radius 2 is 2.07 bits per heavy atom.